The molecule has 0 aliphatic heterocycles. The predicted octanol–water partition coefficient (Wildman–Crippen LogP) is 9.66. The lowest BCUT2D eigenvalue weighted by Crippen LogP contribution is -1.83. The van der Waals surface area contributed by atoms with Crippen LogP contribution in [0, 0.1) is 0 Å². The molecule has 0 saturated heterocycles. The van der Waals surface area contributed by atoms with Gasteiger partial charge in [-0.25, -0.2) is 0 Å². The molecule has 0 aromatic heterocycles. The topological polar surface area (TPSA) is 17.1 Å². The molecule has 0 bridgehead atoms. The molecule has 0 unspecified atom stereocenters. The summed E-state index contributed by atoms with van der Waals surface area (Å²) in [5.74, 6) is 0. The average molecular weight is 471 g/mol. The molecule has 0 radical (unpaired) electrons. The summed E-state index contributed by atoms with van der Waals surface area (Å²) in [6.07, 6.45) is 25.5. The first kappa shape index (κ1) is 26.4. The highest BCUT2D eigenvalue weighted by Gasteiger charge is 2.04. The van der Waals surface area contributed by atoms with Gasteiger partial charge >= 0.3 is 0 Å². The lowest BCUT2D eigenvalue weighted by Gasteiger charge is -2.08. The fourth-order valence-corrected chi connectivity index (χ4v) is 3.77. The van der Waals surface area contributed by atoms with Gasteiger partial charge in [-0.15, -0.1) is 0 Å². The summed E-state index contributed by atoms with van der Waals surface area (Å²) in [5, 5.41) is 5.07. The van der Waals surface area contributed by atoms with E-state index in [2.05, 4.69) is 105 Å². The van der Waals surface area contributed by atoms with Crippen molar-refractivity contribution in [2.24, 2.45) is 0 Å². The van der Waals surface area contributed by atoms with Gasteiger partial charge in [-0.05, 0) is 66.4 Å². The van der Waals surface area contributed by atoms with E-state index in [9.17, 15) is 4.79 Å². The minimum Gasteiger partial charge on any atom is -0.298 e. The molecule has 1 nitrogen and oxygen atoms in total. The van der Waals surface area contributed by atoms with Gasteiger partial charge in [-0.2, -0.15) is 0 Å². The molecule has 0 aliphatic rings. The molecule has 0 saturated carbocycles. The summed E-state index contributed by atoms with van der Waals surface area (Å²) < 4.78 is 0. The Morgan fingerprint density at radius 3 is 1.53 bits per heavy atom. The van der Waals surface area contributed by atoms with E-state index in [0.717, 1.165) is 11.9 Å². The minimum atomic E-state index is 0.710. The molecule has 0 spiro atoms. The molecule has 0 heterocycles. The number of benzene rings is 3. The molecule has 0 atom stereocenters. The van der Waals surface area contributed by atoms with Crippen molar-refractivity contribution in [1.29, 1.82) is 0 Å². The first-order valence-corrected chi connectivity index (χ1v) is 12.2. The van der Waals surface area contributed by atoms with Crippen molar-refractivity contribution < 1.29 is 4.79 Å². The maximum absolute atomic E-state index is 10.6. The summed E-state index contributed by atoms with van der Waals surface area (Å²) in [5.41, 5.74) is 5.45. The zero-order chi connectivity index (χ0) is 25.8. The van der Waals surface area contributed by atoms with Crippen molar-refractivity contribution in [3.63, 3.8) is 0 Å². The lowest BCUT2D eigenvalue weighted by atomic mass is 9.96. The number of hydrogen-bond donors (Lipinski definition) is 0. The van der Waals surface area contributed by atoms with Gasteiger partial charge in [0.2, 0.25) is 0 Å². The number of aldehydes is 1. The van der Waals surface area contributed by atoms with Crippen LogP contribution in [0.15, 0.2) is 144 Å². The Morgan fingerprint density at radius 1 is 0.556 bits per heavy atom. The fraction of sp³-hybridized carbons (Fsp3) is 0.114. The Balaban J connectivity index is 1.67. The van der Waals surface area contributed by atoms with Gasteiger partial charge in [0.1, 0.15) is 6.29 Å². The maximum Gasteiger partial charge on any atom is 0.145 e. The van der Waals surface area contributed by atoms with Crippen LogP contribution < -0.4 is 0 Å². The summed E-state index contributed by atoms with van der Waals surface area (Å²) in [6.45, 7) is 8.03. The molecule has 0 N–H and O–H groups in total. The lowest BCUT2D eigenvalue weighted by molar-refractivity contribution is -0.104. The monoisotopic (exact) mass is 470 g/mol. The van der Waals surface area contributed by atoms with E-state index in [1.165, 1.54) is 38.3 Å². The maximum atomic E-state index is 10.6. The highest BCUT2D eigenvalue weighted by molar-refractivity contribution is 6.06. The average Bonchev–Trinajstić information content (AvgIpc) is 2.88. The normalized spacial score (nSPS) is 14.4. The SMILES string of the molecule is C\C(C=O)=C/C=C/C(C)=C/C=C/C=C(C)/C=C/C=C(C)/C=C/c1c2ccccc2cc2ccccc12. The van der Waals surface area contributed by atoms with Crippen LogP contribution in [0.4, 0.5) is 0 Å². The van der Waals surface area contributed by atoms with Gasteiger partial charge in [0.05, 0.1) is 0 Å². The molecule has 36 heavy (non-hydrogen) atoms. The minimum absolute atomic E-state index is 0.710. The van der Waals surface area contributed by atoms with E-state index in [4.69, 9.17) is 0 Å². The molecule has 0 amide bonds. The Morgan fingerprint density at radius 2 is 1.00 bits per heavy atom. The second-order valence-electron chi connectivity index (χ2n) is 8.93. The van der Waals surface area contributed by atoms with Crippen LogP contribution in [-0.4, -0.2) is 6.29 Å². The Labute approximate surface area is 215 Å². The largest absolute Gasteiger partial charge is 0.298 e. The number of carbonyl (C=O) groups is 1. The molecule has 0 aliphatic carbocycles. The molecule has 3 aromatic carbocycles. The third-order valence-corrected chi connectivity index (χ3v) is 5.78. The number of hydrogen-bond acceptors (Lipinski definition) is 1. The second kappa shape index (κ2) is 13.6. The van der Waals surface area contributed by atoms with Crippen molar-refractivity contribution in [3.8, 4) is 0 Å². The third-order valence-electron chi connectivity index (χ3n) is 5.78. The molecular formula is C35H34O. The van der Waals surface area contributed by atoms with Gasteiger partial charge in [0.15, 0.2) is 0 Å². The summed E-state index contributed by atoms with van der Waals surface area (Å²) >= 11 is 0. The van der Waals surface area contributed by atoms with Crippen LogP contribution in [-0.2, 0) is 4.79 Å². The van der Waals surface area contributed by atoms with Crippen LogP contribution >= 0.6 is 0 Å². The Kier molecular flexibility index (Phi) is 9.97. The van der Waals surface area contributed by atoms with Crippen LogP contribution in [0.3, 0.4) is 0 Å². The van der Waals surface area contributed by atoms with Gasteiger partial charge in [-0.1, -0.05) is 138 Å². The standard InChI is InChI=1S/C35H34O/c1-27(13-5-6-14-28(2)16-12-18-30(4)26-36)15-11-17-29(3)23-24-35-33-21-9-7-19-31(33)25-32-20-8-10-22-34(32)35/h5-26H,1-4H3/b6-5+,15-11+,16-12+,24-23+,27-13+,28-14+,29-17+,30-18+. The summed E-state index contributed by atoms with van der Waals surface area (Å²) in [4.78, 5) is 10.6. The van der Waals surface area contributed by atoms with Crippen molar-refractivity contribution in [2.75, 3.05) is 0 Å². The van der Waals surface area contributed by atoms with E-state index in [-0.39, 0.29) is 0 Å². The molecule has 3 aromatic rings. The van der Waals surface area contributed by atoms with Gasteiger partial charge < -0.3 is 0 Å². The van der Waals surface area contributed by atoms with Crippen LogP contribution in [0.5, 0.6) is 0 Å². The van der Waals surface area contributed by atoms with Gasteiger partial charge in [0.25, 0.3) is 0 Å². The van der Waals surface area contributed by atoms with E-state index >= 15 is 0 Å². The first-order chi connectivity index (χ1) is 17.5. The predicted molar refractivity (Wildman–Crippen MR) is 159 cm³/mol. The third kappa shape index (κ3) is 7.92. The Hall–Kier alpha value is -4.23. The molecule has 0 fully saturated rings. The summed E-state index contributed by atoms with van der Waals surface area (Å²) in [7, 11) is 0. The highest BCUT2D eigenvalue weighted by Crippen LogP contribution is 2.29. The zero-order valence-corrected chi connectivity index (χ0v) is 21.6. The second-order valence-corrected chi connectivity index (χ2v) is 8.93. The Bertz CT molecular complexity index is 1410. The fourth-order valence-electron chi connectivity index (χ4n) is 3.77. The van der Waals surface area contributed by atoms with Crippen molar-refractivity contribution in [2.45, 2.75) is 27.7 Å². The molecule has 1 heteroatoms. The molecule has 180 valence electrons. The quantitative estimate of drug-likeness (QED) is 0.132. The van der Waals surface area contributed by atoms with Crippen molar-refractivity contribution in [3.05, 3.63) is 149 Å². The molecular weight excluding hydrogens is 436 g/mol. The van der Waals surface area contributed by atoms with E-state index in [0.29, 0.717) is 5.57 Å². The van der Waals surface area contributed by atoms with Crippen LogP contribution in [0.25, 0.3) is 27.6 Å². The number of fused-ring (bicyclic) bond motifs is 2. The van der Waals surface area contributed by atoms with E-state index < -0.39 is 0 Å². The van der Waals surface area contributed by atoms with Crippen molar-refractivity contribution in [1.82, 2.24) is 0 Å². The highest BCUT2D eigenvalue weighted by atomic mass is 16.1. The van der Waals surface area contributed by atoms with Gasteiger partial charge in [0, 0.05) is 0 Å². The van der Waals surface area contributed by atoms with Gasteiger partial charge in [-0.3, -0.25) is 4.79 Å². The number of rotatable bonds is 9. The number of allylic oxidation sites excluding steroid dienone is 15. The van der Waals surface area contributed by atoms with E-state index in [1.807, 2.05) is 37.3 Å². The van der Waals surface area contributed by atoms with E-state index in [1.54, 1.807) is 13.0 Å². The van der Waals surface area contributed by atoms with Crippen LogP contribution in [0.1, 0.15) is 33.3 Å². The first-order valence-electron chi connectivity index (χ1n) is 12.2. The number of carbonyl (C=O) groups excluding carboxylic acids is 1. The van der Waals surface area contributed by atoms with Crippen molar-refractivity contribution >= 4 is 33.9 Å². The summed E-state index contributed by atoms with van der Waals surface area (Å²) in [6, 6.07) is 19.4. The van der Waals surface area contributed by atoms with Crippen LogP contribution in [0.2, 0.25) is 0 Å². The smallest absolute Gasteiger partial charge is 0.145 e. The molecule has 3 rings (SSSR count). The zero-order valence-electron chi connectivity index (χ0n) is 21.6.